The van der Waals surface area contributed by atoms with E-state index < -0.39 is 0 Å². The van der Waals surface area contributed by atoms with Gasteiger partial charge in [-0.05, 0) is 12.8 Å². The first-order chi connectivity index (χ1) is 10.7. The number of aryl methyl sites for hydroxylation is 1. The predicted octanol–water partition coefficient (Wildman–Crippen LogP) is -3.02. The summed E-state index contributed by atoms with van der Waals surface area (Å²) in [5.74, 6) is 0. The van der Waals surface area contributed by atoms with Crippen LogP contribution in [-0.4, -0.2) is 0 Å². The molecule has 0 unspecified atom stereocenters. The van der Waals surface area contributed by atoms with Crippen LogP contribution in [0.4, 0.5) is 0 Å². The van der Waals surface area contributed by atoms with E-state index in [9.17, 15) is 0 Å². The van der Waals surface area contributed by atoms with Gasteiger partial charge >= 0.3 is 26.2 Å². The Morgan fingerprint density at radius 2 is 1.38 bits per heavy atom. The SMILES string of the molecule is CC(C)(C1=CC=CC1)C1=CC=CC1.[Cl-].[Cl-].[Cl-].[Zr+4].c1ccc2c(c1)[CH-]CC2. The van der Waals surface area contributed by atoms with Crippen molar-refractivity contribution in [2.24, 2.45) is 5.41 Å². The second kappa shape index (κ2) is 13.1. The zero-order chi connectivity index (χ0) is 15.4. The van der Waals surface area contributed by atoms with E-state index in [0.29, 0.717) is 0 Å². The van der Waals surface area contributed by atoms with Crippen molar-refractivity contribution in [3.63, 3.8) is 0 Å². The van der Waals surface area contributed by atoms with Crippen LogP contribution in [0.1, 0.15) is 44.2 Å². The van der Waals surface area contributed by atoms with Crippen molar-refractivity contribution in [3.8, 4) is 0 Å². The summed E-state index contributed by atoms with van der Waals surface area (Å²) in [6.45, 7) is 4.65. The summed E-state index contributed by atoms with van der Waals surface area (Å²) in [4.78, 5) is 0. The molecule has 0 aliphatic heterocycles. The molecule has 3 aliphatic rings. The largest absolute Gasteiger partial charge is 4.00 e. The molecule has 4 heteroatoms. The fourth-order valence-corrected chi connectivity index (χ4v) is 3.37. The van der Waals surface area contributed by atoms with Gasteiger partial charge in [-0.15, -0.1) is 17.7 Å². The molecule has 0 saturated carbocycles. The van der Waals surface area contributed by atoms with Gasteiger partial charge in [0.2, 0.25) is 0 Å². The Hall–Kier alpha value is -0.197. The average Bonchev–Trinajstić information content (AvgIpc) is 3.28. The summed E-state index contributed by atoms with van der Waals surface area (Å²) in [6.07, 6.45) is 20.4. The summed E-state index contributed by atoms with van der Waals surface area (Å²) in [7, 11) is 0. The van der Waals surface area contributed by atoms with E-state index in [-0.39, 0.29) is 68.8 Å². The maximum atomic E-state index is 2.32. The normalized spacial score (nSPS) is 15.5. The zero-order valence-corrected chi connectivity index (χ0v) is 20.0. The van der Waals surface area contributed by atoms with Gasteiger partial charge in [-0.1, -0.05) is 80.4 Å². The third-order valence-corrected chi connectivity index (χ3v) is 4.98. The topological polar surface area (TPSA) is 0 Å². The molecule has 0 amide bonds. The molecule has 0 nitrogen and oxygen atoms in total. The Morgan fingerprint density at radius 3 is 1.85 bits per heavy atom. The van der Waals surface area contributed by atoms with E-state index >= 15 is 0 Å². The van der Waals surface area contributed by atoms with Gasteiger partial charge < -0.3 is 37.2 Å². The van der Waals surface area contributed by atoms with E-state index in [4.69, 9.17) is 0 Å². The van der Waals surface area contributed by atoms with Gasteiger partial charge in [0.25, 0.3) is 0 Å². The smallest absolute Gasteiger partial charge is 1.00 e. The number of halogens is 3. The van der Waals surface area contributed by atoms with Gasteiger partial charge in [0.1, 0.15) is 0 Å². The number of rotatable bonds is 2. The molecule has 0 bridgehead atoms. The second-order valence-corrected chi connectivity index (χ2v) is 6.71. The van der Waals surface area contributed by atoms with Crippen LogP contribution >= 0.6 is 0 Å². The fraction of sp³-hybridized carbons (Fsp3) is 0.318. The Bertz CT molecular complexity index is 615. The molecule has 0 fully saturated rings. The molecular weight excluding hydrogens is 462 g/mol. The minimum absolute atomic E-state index is 0. The van der Waals surface area contributed by atoms with Crippen LogP contribution in [0.3, 0.4) is 0 Å². The maximum Gasteiger partial charge on any atom is 4.00 e. The Morgan fingerprint density at radius 1 is 0.846 bits per heavy atom. The summed E-state index contributed by atoms with van der Waals surface area (Å²) in [6, 6.07) is 8.60. The number of hydrogen-bond donors (Lipinski definition) is 0. The van der Waals surface area contributed by atoms with Gasteiger partial charge in [-0.25, -0.2) is 0 Å². The van der Waals surface area contributed by atoms with Crippen LogP contribution in [0, 0.1) is 11.8 Å². The molecule has 0 N–H and O–H groups in total. The molecular formula is C22H25Cl3Zr. The van der Waals surface area contributed by atoms with Gasteiger partial charge in [-0.3, -0.25) is 0 Å². The Kier molecular flexibility index (Phi) is 14.1. The molecule has 0 atom stereocenters. The first-order valence-corrected chi connectivity index (χ1v) is 8.31. The molecule has 4 rings (SSSR count). The number of benzene rings is 1. The van der Waals surface area contributed by atoms with Crippen LogP contribution in [0.5, 0.6) is 0 Å². The Balaban J connectivity index is 0. The minimum Gasteiger partial charge on any atom is -1.00 e. The summed E-state index contributed by atoms with van der Waals surface area (Å²) >= 11 is 0. The van der Waals surface area contributed by atoms with E-state index in [0.717, 1.165) is 12.8 Å². The van der Waals surface area contributed by atoms with Gasteiger partial charge in [-0.2, -0.15) is 18.1 Å². The van der Waals surface area contributed by atoms with Crippen molar-refractivity contribution in [2.45, 2.75) is 39.5 Å². The van der Waals surface area contributed by atoms with Crippen molar-refractivity contribution < 1.29 is 63.4 Å². The molecule has 0 radical (unpaired) electrons. The van der Waals surface area contributed by atoms with Gasteiger partial charge in [0.15, 0.2) is 0 Å². The average molecular weight is 487 g/mol. The Labute approximate surface area is 196 Å². The predicted molar refractivity (Wildman–Crippen MR) is 95.6 cm³/mol. The molecule has 1 aromatic rings. The fourth-order valence-electron chi connectivity index (χ4n) is 3.37. The third kappa shape index (κ3) is 6.76. The standard InChI is InChI=1S/C13H16.C9H9.3ClH.Zr/c1-13(2,11-7-3-4-8-11)12-9-5-6-10-12;1-2-5-9-7-3-6-8(9)4-1;;;;/h3-7,9H,8,10H2,1-2H3;1-2,4-6H,3,7H2;3*1H;/q;-1;;;;+4/p-3. The van der Waals surface area contributed by atoms with Crippen LogP contribution in [0.25, 0.3) is 0 Å². The van der Waals surface area contributed by atoms with Gasteiger partial charge in [0, 0.05) is 5.41 Å². The maximum absolute atomic E-state index is 2.32. The third-order valence-electron chi connectivity index (χ3n) is 4.98. The zero-order valence-electron chi connectivity index (χ0n) is 15.3. The molecule has 138 valence electrons. The van der Waals surface area contributed by atoms with Crippen molar-refractivity contribution in [1.29, 1.82) is 0 Å². The van der Waals surface area contributed by atoms with Crippen molar-refractivity contribution in [1.82, 2.24) is 0 Å². The van der Waals surface area contributed by atoms with E-state index in [1.807, 2.05) is 0 Å². The summed E-state index contributed by atoms with van der Waals surface area (Å²) in [5.41, 5.74) is 6.30. The van der Waals surface area contributed by atoms with Crippen LogP contribution in [0.15, 0.2) is 71.9 Å². The molecule has 0 aromatic heterocycles. The number of hydrogen-bond acceptors (Lipinski definition) is 0. The molecule has 0 spiro atoms. The monoisotopic (exact) mass is 484 g/mol. The molecule has 0 saturated heterocycles. The first kappa shape index (κ1) is 28.0. The van der Waals surface area contributed by atoms with Crippen molar-refractivity contribution in [2.75, 3.05) is 0 Å². The van der Waals surface area contributed by atoms with E-state index in [1.54, 1.807) is 11.1 Å². The molecule has 0 heterocycles. The second-order valence-electron chi connectivity index (χ2n) is 6.71. The summed E-state index contributed by atoms with van der Waals surface area (Å²) < 4.78 is 0. The number of fused-ring (bicyclic) bond motifs is 1. The molecule has 26 heavy (non-hydrogen) atoms. The van der Waals surface area contributed by atoms with Crippen molar-refractivity contribution >= 4 is 0 Å². The van der Waals surface area contributed by atoms with E-state index in [2.05, 4.69) is 81.0 Å². The quantitative estimate of drug-likeness (QED) is 0.391. The number of allylic oxidation sites excluding steroid dienone is 8. The molecule has 1 aromatic carbocycles. The van der Waals surface area contributed by atoms with Crippen LogP contribution < -0.4 is 37.2 Å². The van der Waals surface area contributed by atoms with E-state index in [1.165, 1.54) is 24.0 Å². The summed E-state index contributed by atoms with van der Waals surface area (Å²) in [5, 5.41) is 0. The van der Waals surface area contributed by atoms with Crippen LogP contribution in [0.2, 0.25) is 0 Å². The molecule has 3 aliphatic carbocycles. The van der Waals surface area contributed by atoms with Crippen molar-refractivity contribution in [3.05, 3.63) is 89.4 Å². The van der Waals surface area contributed by atoms with Crippen LogP contribution in [-0.2, 0) is 32.6 Å². The minimum atomic E-state index is 0. The first-order valence-electron chi connectivity index (χ1n) is 8.31. The van der Waals surface area contributed by atoms with Gasteiger partial charge in [0.05, 0.1) is 0 Å².